The summed E-state index contributed by atoms with van der Waals surface area (Å²) in [5.74, 6) is 0.261. The predicted octanol–water partition coefficient (Wildman–Crippen LogP) is 3.19. The van der Waals surface area contributed by atoms with Gasteiger partial charge in [-0.25, -0.2) is 0 Å². The van der Waals surface area contributed by atoms with Crippen molar-refractivity contribution in [2.24, 2.45) is 11.3 Å². The quantitative estimate of drug-likeness (QED) is 0.552. The zero-order chi connectivity index (χ0) is 18.2. The number of amides is 1. The summed E-state index contributed by atoms with van der Waals surface area (Å²) in [6.45, 7) is 5.46. The van der Waals surface area contributed by atoms with Crippen LogP contribution < -0.4 is 0 Å². The molecule has 5 nitrogen and oxygen atoms in total. The van der Waals surface area contributed by atoms with E-state index in [2.05, 4.69) is 18.0 Å². The van der Waals surface area contributed by atoms with Crippen molar-refractivity contribution in [3.63, 3.8) is 0 Å². The van der Waals surface area contributed by atoms with Crippen molar-refractivity contribution in [3.05, 3.63) is 11.8 Å². The maximum absolute atomic E-state index is 12.6. The third-order valence-corrected chi connectivity index (χ3v) is 5.65. The van der Waals surface area contributed by atoms with Gasteiger partial charge in [0, 0.05) is 19.5 Å². The summed E-state index contributed by atoms with van der Waals surface area (Å²) in [6, 6.07) is 0. The molecule has 1 aliphatic heterocycles. The molecule has 1 fully saturated rings. The molecule has 24 heavy (non-hydrogen) atoms. The Bertz CT molecular complexity index is 627. The smallest absolute Gasteiger partial charge is 0.381 e. The number of hydrogen-bond donors (Lipinski definition) is 0. The first-order valence-corrected chi connectivity index (χ1v) is 9.37. The molecule has 1 saturated heterocycles. The van der Waals surface area contributed by atoms with Gasteiger partial charge in [-0.05, 0) is 37.7 Å². The average molecular weight is 369 g/mol. The van der Waals surface area contributed by atoms with E-state index < -0.39 is 21.0 Å². The zero-order valence-electron chi connectivity index (χ0n) is 13.7. The normalized spacial score (nSPS) is 25.5. The number of alkyl halides is 3. The second-order valence-electron chi connectivity index (χ2n) is 6.86. The van der Waals surface area contributed by atoms with Gasteiger partial charge in [0.05, 0.1) is 5.41 Å². The molecule has 0 aromatic carbocycles. The first-order chi connectivity index (χ1) is 11.0. The van der Waals surface area contributed by atoms with Crippen LogP contribution in [0.25, 0.3) is 0 Å². The number of carbonyl (C=O) groups is 1. The molecule has 1 atom stereocenters. The van der Waals surface area contributed by atoms with Gasteiger partial charge in [-0.1, -0.05) is 13.8 Å². The highest BCUT2D eigenvalue weighted by Gasteiger charge is 2.51. The van der Waals surface area contributed by atoms with Gasteiger partial charge in [-0.2, -0.15) is 21.6 Å². The zero-order valence-corrected chi connectivity index (χ0v) is 14.5. The van der Waals surface area contributed by atoms with E-state index in [1.807, 2.05) is 0 Å². The van der Waals surface area contributed by atoms with Crippen LogP contribution in [0.3, 0.4) is 0 Å². The number of allylic oxidation sites excluding steroid dienone is 2. The van der Waals surface area contributed by atoms with Gasteiger partial charge in [-0.3, -0.25) is 4.79 Å². The monoisotopic (exact) mass is 369 g/mol. The molecule has 0 aromatic rings. The summed E-state index contributed by atoms with van der Waals surface area (Å²) < 4.78 is 63.3. The van der Waals surface area contributed by atoms with Crippen molar-refractivity contribution >= 4 is 16.0 Å². The van der Waals surface area contributed by atoms with Crippen molar-refractivity contribution < 1.29 is 30.6 Å². The Labute approximate surface area is 140 Å². The van der Waals surface area contributed by atoms with Gasteiger partial charge in [0.25, 0.3) is 0 Å². The van der Waals surface area contributed by atoms with E-state index in [1.54, 1.807) is 4.90 Å². The molecule has 0 aromatic heterocycles. The fraction of sp³-hybridized carbons (Fsp3) is 0.800. The molecule has 0 saturated carbocycles. The molecule has 2 aliphatic rings. The third-order valence-electron chi connectivity index (χ3n) is 4.65. The van der Waals surface area contributed by atoms with Gasteiger partial charge in [0.15, 0.2) is 0 Å². The number of rotatable bonds is 5. The molecule has 0 bridgehead atoms. The summed E-state index contributed by atoms with van der Waals surface area (Å²) in [5, 5.41) is 0. The van der Waals surface area contributed by atoms with Crippen LogP contribution in [0.2, 0.25) is 0 Å². The Morgan fingerprint density at radius 3 is 2.50 bits per heavy atom. The number of halogens is 3. The molecule has 138 valence electrons. The summed E-state index contributed by atoms with van der Waals surface area (Å²) in [7, 11) is -5.64. The van der Waals surface area contributed by atoms with E-state index >= 15 is 0 Å². The molecule has 1 spiro atoms. The highest BCUT2D eigenvalue weighted by molar-refractivity contribution is 7.87. The summed E-state index contributed by atoms with van der Waals surface area (Å²) in [5.41, 5.74) is -6.06. The Morgan fingerprint density at radius 1 is 1.33 bits per heavy atom. The maximum Gasteiger partial charge on any atom is 0.534 e. The molecule has 0 N–H and O–H groups in total. The molecular weight excluding hydrogens is 347 g/mol. The minimum atomic E-state index is -5.64. The van der Waals surface area contributed by atoms with Crippen molar-refractivity contribution in [2.45, 2.75) is 51.5 Å². The Morgan fingerprint density at radius 2 is 2.00 bits per heavy atom. The minimum Gasteiger partial charge on any atom is -0.381 e. The van der Waals surface area contributed by atoms with Crippen LogP contribution in [0.1, 0.15) is 46.0 Å². The molecule has 1 aliphatic carbocycles. The van der Waals surface area contributed by atoms with E-state index in [0.29, 0.717) is 31.8 Å². The van der Waals surface area contributed by atoms with Crippen LogP contribution in [0.4, 0.5) is 13.2 Å². The van der Waals surface area contributed by atoms with Crippen LogP contribution >= 0.6 is 0 Å². The minimum absolute atomic E-state index is 0.0112. The summed E-state index contributed by atoms with van der Waals surface area (Å²) >= 11 is 0. The number of carbonyl (C=O) groups excluding carboxylic acids is 1. The first-order valence-electron chi connectivity index (χ1n) is 7.96. The second-order valence-corrected chi connectivity index (χ2v) is 8.40. The van der Waals surface area contributed by atoms with Crippen molar-refractivity contribution in [1.82, 2.24) is 4.90 Å². The maximum atomic E-state index is 12.6. The predicted molar refractivity (Wildman–Crippen MR) is 81.1 cm³/mol. The molecular formula is C15H22F3NO4S. The van der Waals surface area contributed by atoms with Gasteiger partial charge in [0.2, 0.25) is 5.91 Å². The lowest BCUT2D eigenvalue weighted by Gasteiger charge is -2.30. The summed E-state index contributed by atoms with van der Waals surface area (Å²) in [4.78, 5) is 14.4. The van der Waals surface area contributed by atoms with E-state index in [1.165, 1.54) is 6.08 Å². The van der Waals surface area contributed by atoms with Gasteiger partial charge in [0.1, 0.15) is 5.76 Å². The molecule has 1 heterocycles. The fourth-order valence-electron chi connectivity index (χ4n) is 3.08. The van der Waals surface area contributed by atoms with Crippen LogP contribution in [-0.4, -0.2) is 37.8 Å². The fourth-order valence-corrected chi connectivity index (χ4v) is 3.61. The number of hydrogen-bond acceptors (Lipinski definition) is 4. The average Bonchev–Trinajstić information content (AvgIpc) is 2.75. The third kappa shape index (κ3) is 3.87. The molecule has 9 heteroatoms. The van der Waals surface area contributed by atoms with Crippen molar-refractivity contribution in [2.75, 3.05) is 13.1 Å². The Balaban J connectivity index is 2.01. The van der Waals surface area contributed by atoms with E-state index in [-0.39, 0.29) is 24.5 Å². The van der Waals surface area contributed by atoms with Crippen molar-refractivity contribution in [3.8, 4) is 0 Å². The van der Waals surface area contributed by atoms with Gasteiger partial charge in [-0.15, -0.1) is 0 Å². The lowest BCUT2D eigenvalue weighted by molar-refractivity contribution is -0.136. The molecule has 0 radical (unpaired) electrons. The van der Waals surface area contributed by atoms with E-state index in [0.717, 1.165) is 6.42 Å². The molecule has 1 amide bonds. The standard InChI is InChI=1S/C15H22F3NO4S/c1-11(2)5-9-19-10-8-14(13(19)20)6-3-12(4-7-14)23-24(21,22)15(16,17)18/h3,11H,4-10H2,1-2H3. The number of likely N-dealkylation sites (tertiary alicyclic amines) is 1. The lowest BCUT2D eigenvalue weighted by atomic mass is 9.75. The van der Waals surface area contributed by atoms with Crippen LogP contribution in [0.5, 0.6) is 0 Å². The SMILES string of the molecule is CC(C)CCN1CCC2(CC=C(OS(=O)(=O)C(F)(F)F)CC2)C1=O. The molecule has 2 rings (SSSR count). The Hall–Kier alpha value is -1.25. The van der Waals surface area contributed by atoms with Crippen molar-refractivity contribution in [1.29, 1.82) is 0 Å². The summed E-state index contributed by atoms with van der Waals surface area (Å²) in [6.07, 6.45) is 3.39. The first kappa shape index (κ1) is 19.1. The van der Waals surface area contributed by atoms with Gasteiger partial charge >= 0.3 is 15.6 Å². The number of nitrogens with zero attached hydrogens (tertiary/aromatic N) is 1. The largest absolute Gasteiger partial charge is 0.534 e. The van der Waals surface area contributed by atoms with Crippen LogP contribution in [0.15, 0.2) is 11.8 Å². The molecule has 1 unspecified atom stereocenters. The van der Waals surface area contributed by atoms with E-state index in [4.69, 9.17) is 0 Å². The second kappa shape index (κ2) is 6.57. The highest BCUT2D eigenvalue weighted by Crippen LogP contribution is 2.45. The van der Waals surface area contributed by atoms with Crippen LogP contribution in [0, 0.1) is 11.3 Å². The Kier molecular flexibility index (Phi) is 5.22. The highest BCUT2D eigenvalue weighted by atomic mass is 32.2. The lowest BCUT2D eigenvalue weighted by Crippen LogP contribution is -2.37. The van der Waals surface area contributed by atoms with Crippen LogP contribution in [-0.2, 0) is 19.1 Å². The van der Waals surface area contributed by atoms with E-state index in [9.17, 15) is 26.4 Å². The van der Waals surface area contributed by atoms with Gasteiger partial charge < -0.3 is 9.08 Å². The topological polar surface area (TPSA) is 63.7 Å².